The van der Waals surface area contributed by atoms with Crippen LogP contribution in [0.5, 0.6) is 0 Å². The van der Waals surface area contributed by atoms with Crippen LogP contribution in [0.3, 0.4) is 0 Å². The summed E-state index contributed by atoms with van der Waals surface area (Å²) in [4.78, 5) is 0. The summed E-state index contributed by atoms with van der Waals surface area (Å²) >= 11 is 0. The standard InChI is InChI=1S/C23H17N/c1-2-16-5-11-22-20(13-16)8-9-21-14-19(10-12-23(21)22)18-6-3-17(15-24)4-7-18/h3-14H,2H2,1H3. The minimum Gasteiger partial charge on any atom is -0.192 e. The Hall–Kier alpha value is -3.11. The fraction of sp³-hybridized carbons (Fsp3) is 0.0870. The normalized spacial score (nSPS) is 10.8. The van der Waals surface area contributed by atoms with Crippen molar-refractivity contribution in [3.8, 4) is 17.2 Å². The molecule has 4 rings (SSSR count). The third kappa shape index (κ3) is 2.43. The molecule has 0 fully saturated rings. The van der Waals surface area contributed by atoms with Crippen LogP contribution in [0.4, 0.5) is 0 Å². The summed E-state index contributed by atoms with van der Waals surface area (Å²) in [5, 5.41) is 14.1. The number of nitriles is 1. The van der Waals surface area contributed by atoms with Crippen LogP contribution in [-0.2, 0) is 6.42 Å². The van der Waals surface area contributed by atoms with Crippen molar-refractivity contribution >= 4 is 21.5 Å². The zero-order chi connectivity index (χ0) is 16.5. The van der Waals surface area contributed by atoms with Crippen LogP contribution in [0, 0.1) is 11.3 Å². The first-order valence-corrected chi connectivity index (χ1v) is 8.24. The van der Waals surface area contributed by atoms with Gasteiger partial charge in [-0.1, -0.05) is 61.5 Å². The third-order valence-corrected chi connectivity index (χ3v) is 4.66. The molecule has 4 aromatic carbocycles. The van der Waals surface area contributed by atoms with E-state index in [-0.39, 0.29) is 0 Å². The first-order valence-electron chi connectivity index (χ1n) is 8.24. The predicted molar refractivity (Wildman–Crippen MR) is 101 cm³/mol. The van der Waals surface area contributed by atoms with Gasteiger partial charge in [0.25, 0.3) is 0 Å². The highest BCUT2D eigenvalue weighted by Gasteiger charge is 2.04. The summed E-state index contributed by atoms with van der Waals surface area (Å²) in [6, 6.07) is 27.7. The maximum Gasteiger partial charge on any atom is 0.0991 e. The van der Waals surface area contributed by atoms with Crippen LogP contribution in [0.25, 0.3) is 32.7 Å². The summed E-state index contributed by atoms with van der Waals surface area (Å²) in [6.45, 7) is 2.19. The topological polar surface area (TPSA) is 23.8 Å². The van der Waals surface area contributed by atoms with Gasteiger partial charge in [0.05, 0.1) is 11.6 Å². The summed E-state index contributed by atoms with van der Waals surface area (Å²) in [6.07, 6.45) is 1.06. The average Bonchev–Trinajstić information content (AvgIpc) is 2.67. The molecule has 0 aromatic heterocycles. The van der Waals surface area contributed by atoms with Gasteiger partial charge in [-0.25, -0.2) is 0 Å². The molecule has 0 bridgehead atoms. The number of rotatable bonds is 2. The smallest absolute Gasteiger partial charge is 0.0991 e. The molecule has 0 N–H and O–H groups in total. The van der Waals surface area contributed by atoms with Gasteiger partial charge in [0.1, 0.15) is 0 Å². The van der Waals surface area contributed by atoms with Crippen molar-refractivity contribution < 1.29 is 0 Å². The van der Waals surface area contributed by atoms with Gasteiger partial charge in [-0.05, 0) is 62.9 Å². The first kappa shape index (κ1) is 14.5. The van der Waals surface area contributed by atoms with E-state index in [1.54, 1.807) is 0 Å². The second kappa shape index (κ2) is 5.83. The molecule has 0 aliphatic heterocycles. The quantitative estimate of drug-likeness (QED) is 0.411. The van der Waals surface area contributed by atoms with Crippen molar-refractivity contribution in [3.05, 3.63) is 83.9 Å². The van der Waals surface area contributed by atoms with E-state index in [0.29, 0.717) is 5.56 Å². The Morgan fingerprint density at radius 1 is 0.708 bits per heavy atom. The van der Waals surface area contributed by atoms with Crippen LogP contribution < -0.4 is 0 Å². The molecule has 1 heteroatoms. The number of benzene rings is 4. The Balaban J connectivity index is 1.86. The van der Waals surface area contributed by atoms with E-state index < -0.39 is 0 Å². The van der Waals surface area contributed by atoms with Gasteiger partial charge in [0, 0.05) is 0 Å². The highest BCUT2D eigenvalue weighted by Crippen LogP contribution is 2.30. The van der Waals surface area contributed by atoms with Crippen LogP contribution in [-0.4, -0.2) is 0 Å². The molecule has 0 aliphatic rings. The second-order valence-electron chi connectivity index (χ2n) is 6.10. The maximum absolute atomic E-state index is 8.93. The molecule has 0 unspecified atom stereocenters. The summed E-state index contributed by atoms with van der Waals surface area (Å²) in [5.41, 5.74) is 4.38. The number of hydrogen-bond donors (Lipinski definition) is 0. The number of hydrogen-bond acceptors (Lipinski definition) is 1. The third-order valence-electron chi connectivity index (χ3n) is 4.66. The van der Waals surface area contributed by atoms with Crippen LogP contribution in [0.15, 0.2) is 72.8 Å². The fourth-order valence-corrected chi connectivity index (χ4v) is 3.26. The molecule has 0 saturated carbocycles. The van der Waals surface area contributed by atoms with Crippen molar-refractivity contribution in [1.82, 2.24) is 0 Å². The molecular formula is C23H17N. The van der Waals surface area contributed by atoms with E-state index in [1.807, 2.05) is 24.3 Å². The highest BCUT2D eigenvalue weighted by molar-refractivity contribution is 6.08. The Morgan fingerprint density at radius 2 is 1.33 bits per heavy atom. The lowest BCUT2D eigenvalue weighted by atomic mass is 9.96. The summed E-state index contributed by atoms with van der Waals surface area (Å²) in [7, 11) is 0. The molecule has 0 amide bonds. The minimum atomic E-state index is 0.692. The fourth-order valence-electron chi connectivity index (χ4n) is 3.26. The summed E-state index contributed by atoms with van der Waals surface area (Å²) < 4.78 is 0. The number of nitrogens with zero attached hydrogens (tertiary/aromatic N) is 1. The van der Waals surface area contributed by atoms with E-state index in [1.165, 1.54) is 32.7 Å². The van der Waals surface area contributed by atoms with Gasteiger partial charge in [-0.2, -0.15) is 5.26 Å². The number of aryl methyl sites for hydroxylation is 1. The van der Waals surface area contributed by atoms with Crippen molar-refractivity contribution in [3.63, 3.8) is 0 Å². The van der Waals surface area contributed by atoms with E-state index in [4.69, 9.17) is 5.26 Å². The molecule has 0 radical (unpaired) electrons. The van der Waals surface area contributed by atoms with Crippen molar-refractivity contribution in [2.45, 2.75) is 13.3 Å². The number of fused-ring (bicyclic) bond motifs is 3. The molecule has 0 heterocycles. The molecule has 0 spiro atoms. The van der Waals surface area contributed by atoms with Crippen molar-refractivity contribution in [2.24, 2.45) is 0 Å². The molecule has 0 aliphatic carbocycles. The Bertz CT molecular complexity index is 1080. The largest absolute Gasteiger partial charge is 0.192 e. The zero-order valence-electron chi connectivity index (χ0n) is 13.6. The molecule has 114 valence electrons. The Morgan fingerprint density at radius 3 is 2.00 bits per heavy atom. The monoisotopic (exact) mass is 307 g/mol. The van der Waals surface area contributed by atoms with Crippen molar-refractivity contribution in [1.29, 1.82) is 5.26 Å². The van der Waals surface area contributed by atoms with E-state index >= 15 is 0 Å². The maximum atomic E-state index is 8.93. The second-order valence-corrected chi connectivity index (χ2v) is 6.10. The minimum absolute atomic E-state index is 0.692. The summed E-state index contributed by atoms with van der Waals surface area (Å²) in [5.74, 6) is 0. The Kier molecular flexibility index (Phi) is 3.52. The van der Waals surface area contributed by atoms with E-state index in [9.17, 15) is 0 Å². The van der Waals surface area contributed by atoms with Crippen LogP contribution in [0.1, 0.15) is 18.1 Å². The van der Waals surface area contributed by atoms with E-state index in [2.05, 4.69) is 61.5 Å². The first-order chi connectivity index (χ1) is 11.8. The highest BCUT2D eigenvalue weighted by atomic mass is 14.2. The lowest BCUT2D eigenvalue weighted by Gasteiger charge is -2.08. The van der Waals surface area contributed by atoms with Gasteiger partial charge < -0.3 is 0 Å². The van der Waals surface area contributed by atoms with Gasteiger partial charge in [0.15, 0.2) is 0 Å². The van der Waals surface area contributed by atoms with Gasteiger partial charge >= 0.3 is 0 Å². The molecule has 0 saturated heterocycles. The predicted octanol–water partition coefficient (Wildman–Crippen LogP) is 6.09. The molecule has 24 heavy (non-hydrogen) atoms. The average molecular weight is 307 g/mol. The van der Waals surface area contributed by atoms with Crippen LogP contribution >= 0.6 is 0 Å². The SMILES string of the molecule is CCc1ccc2c(ccc3cc(-c4ccc(C#N)cc4)ccc32)c1. The van der Waals surface area contributed by atoms with Crippen molar-refractivity contribution in [2.75, 3.05) is 0 Å². The molecule has 4 aromatic rings. The van der Waals surface area contributed by atoms with Crippen LogP contribution in [0.2, 0.25) is 0 Å². The van der Waals surface area contributed by atoms with Gasteiger partial charge in [-0.3, -0.25) is 0 Å². The van der Waals surface area contributed by atoms with Gasteiger partial charge in [0.2, 0.25) is 0 Å². The lowest BCUT2D eigenvalue weighted by Crippen LogP contribution is -1.84. The molecular weight excluding hydrogens is 290 g/mol. The van der Waals surface area contributed by atoms with E-state index in [0.717, 1.165) is 12.0 Å². The zero-order valence-corrected chi connectivity index (χ0v) is 13.6. The molecule has 0 atom stereocenters. The van der Waals surface area contributed by atoms with Gasteiger partial charge in [-0.15, -0.1) is 0 Å². The molecule has 1 nitrogen and oxygen atoms in total. The Labute approximate surface area is 141 Å². The lowest BCUT2D eigenvalue weighted by molar-refractivity contribution is 1.15.